The average Bonchev–Trinajstić information content (AvgIpc) is 3.31. The molecule has 1 amide bonds. The highest BCUT2D eigenvalue weighted by atomic mass is 35.5. The number of nitrogens with zero attached hydrogens (tertiary/aromatic N) is 5. The summed E-state index contributed by atoms with van der Waals surface area (Å²) in [7, 11) is 1.54. The molecule has 0 aliphatic heterocycles. The third-order valence-electron chi connectivity index (χ3n) is 4.49. The number of nitrogens with one attached hydrogen (secondary N) is 1. The topological polar surface area (TPSA) is 107 Å². The zero-order valence-corrected chi connectivity index (χ0v) is 17.1. The van der Waals surface area contributed by atoms with Crippen LogP contribution >= 0.6 is 11.6 Å². The van der Waals surface area contributed by atoms with E-state index in [1.807, 2.05) is 6.92 Å². The Kier molecular flexibility index (Phi) is 5.39. The van der Waals surface area contributed by atoms with E-state index in [1.54, 1.807) is 53.1 Å². The van der Waals surface area contributed by atoms with E-state index in [9.17, 15) is 9.90 Å². The van der Waals surface area contributed by atoms with Gasteiger partial charge < -0.3 is 15.2 Å². The number of aliphatic hydroxyl groups is 1. The van der Waals surface area contributed by atoms with Crippen molar-refractivity contribution in [3.63, 3.8) is 0 Å². The van der Waals surface area contributed by atoms with Gasteiger partial charge in [-0.1, -0.05) is 11.6 Å². The number of halogens is 1. The molecule has 0 bridgehead atoms. The lowest BCUT2D eigenvalue weighted by Crippen LogP contribution is -2.12. The summed E-state index contributed by atoms with van der Waals surface area (Å²) in [6, 6.07) is 5.15. The van der Waals surface area contributed by atoms with E-state index in [0.717, 1.165) is 5.56 Å². The maximum Gasteiger partial charge on any atom is 0.261 e. The second-order valence-corrected chi connectivity index (χ2v) is 7.07. The van der Waals surface area contributed by atoms with E-state index in [4.69, 9.17) is 16.3 Å². The standard InChI is InChI=1S/C20H19ClN6O3/c1-12-8-22-19-15(9-23-27(19)10-12)20(29)24-16-11-26(5-6-28)25-18(16)14-7-13(21)3-4-17(14)30-2/h3-4,7-11,28H,5-6H2,1-2H3,(H,24,29). The van der Waals surface area contributed by atoms with E-state index in [2.05, 4.69) is 20.5 Å². The number of hydrogen-bond acceptors (Lipinski definition) is 6. The molecule has 10 heteroatoms. The Morgan fingerprint density at radius 1 is 1.30 bits per heavy atom. The lowest BCUT2D eigenvalue weighted by atomic mass is 10.1. The van der Waals surface area contributed by atoms with Crippen LogP contribution in [0, 0.1) is 6.92 Å². The average molecular weight is 427 g/mol. The van der Waals surface area contributed by atoms with Crippen molar-refractivity contribution in [2.24, 2.45) is 0 Å². The smallest absolute Gasteiger partial charge is 0.261 e. The number of ether oxygens (including phenoxy) is 1. The van der Waals surface area contributed by atoms with Crippen molar-refractivity contribution in [2.45, 2.75) is 13.5 Å². The van der Waals surface area contributed by atoms with Crippen LogP contribution in [-0.4, -0.2) is 49.1 Å². The van der Waals surface area contributed by atoms with Gasteiger partial charge in [0.05, 0.1) is 32.1 Å². The molecule has 1 aromatic carbocycles. The third-order valence-corrected chi connectivity index (χ3v) is 4.72. The van der Waals surface area contributed by atoms with Crippen LogP contribution in [0.15, 0.2) is 43.0 Å². The first-order valence-electron chi connectivity index (χ1n) is 9.13. The second kappa shape index (κ2) is 8.13. The van der Waals surface area contributed by atoms with Gasteiger partial charge in [-0.15, -0.1) is 0 Å². The van der Waals surface area contributed by atoms with Crippen molar-refractivity contribution in [3.05, 3.63) is 59.1 Å². The fraction of sp³-hybridized carbons (Fsp3) is 0.200. The number of hydrogen-bond donors (Lipinski definition) is 2. The molecule has 0 spiro atoms. The zero-order chi connectivity index (χ0) is 21.3. The molecule has 4 aromatic rings. The van der Waals surface area contributed by atoms with Crippen LogP contribution in [0.4, 0.5) is 5.69 Å². The van der Waals surface area contributed by atoms with E-state index < -0.39 is 0 Å². The molecule has 0 fully saturated rings. The van der Waals surface area contributed by atoms with Crippen molar-refractivity contribution >= 4 is 28.8 Å². The number of aromatic nitrogens is 5. The van der Waals surface area contributed by atoms with Gasteiger partial charge in [0.25, 0.3) is 5.91 Å². The minimum absolute atomic E-state index is 0.0987. The molecule has 0 unspecified atom stereocenters. The third kappa shape index (κ3) is 3.72. The summed E-state index contributed by atoms with van der Waals surface area (Å²) in [5.74, 6) is 0.171. The van der Waals surface area contributed by atoms with Crippen molar-refractivity contribution in [2.75, 3.05) is 19.0 Å². The van der Waals surface area contributed by atoms with Gasteiger partial charge in [0.2, 0.25) is 0 Å². The lowest BCUT2D eigenvalue weighted by Gasteiger charge is -2.09. The highest BCUT2D eigenvalue weighted by Crippen LogP contribution is 2.36. The highest BCUT2D eigenvalue weighted by molar-refractivity contribution is 6.31. The number of aliphatic hydroxyl groups excluding tert-OH is 1. The normalized spacial score (nSPS) is 11.1. The molecule has 3 heterocycles. The summed E-state index contributed by atoms with van der Waals surface area (Å²) < 4.78 is 8.53. The van der Waals surface area contributed by atoms with E-state index >= 15 is 0 Å². The quantitative estimate of drug-likeness (QED) is 0.491. The number of carbonyl (C=O) groups excluding carboxylic acids is 1. The number of anilines is 1. The minimum Gasteiger partial charge on any atom is -0.496 e. The summed E-state index contributed by atoms with van der Waals surface area (Å²) in [4.78, 5) is 17.3. The SMILES string of the molecule is COc1ccc(Cl)cc1-c1nn(CCO)cc1NC(=O)c1cnn2cc(C)cnc12. The molecular formula is C20H19ClN6O3. The molecule has 0 aliphatic carbocycles. The first-order valence-corrected chi connectivity index (χ1v) is 9.51. The Bertz CT molecular complexity index is 1230. The molecular weight excluding hydrogens is 408 g/mol. The van der Waals surface area contributed by atoms with E-state index in [0.29, 0.717) is 38.9 Å². The molecule has 2 N–H and O–H groups in total. The summed E-state index contributed by atoms with van der Waals surface area (Å²) in [6.07, 6.45) is 6.58. The Morgan fingerprint density at radius 3 is 2.90 bits per heavy atom. The molecule has 0 radical (unpaired) electrons. The maximum absolute atomic E-state index is 13.0. The van der Waals surface area contributed by atoms with Crippen LogP contribution in [0.5, 0.6) is 5.75 Å². The second-order valence-electron chi connectivity index (χ2n) is 6.63. The predicted molar refractivity (Wildman–Crippen MR) is 112 cm³/mol. The fourth-order valence-corrected chi connectivity index (χ4v) is 3.28. The predicted octanol–water partition coefficient (Wildman–Crippen LogP) is 2.81. The molecule has 0 aliphatic rings. The van der Waals surface area contributed by atoms with Gasteiger partial charge in [-0.3, -0.25) is 9.48 Å². The van der Waals surface area contributed by atoms with Crippen molar-refractivity contribution in [1.29, 1.82) is 0 Å². The van der Waals surface area contributed by atoms with Crippen molar-refractivity contribution in [1.82, 2.24) is 24.4 Å². The Labute approximate surface area is 176 Å². The number of methoxy groups -OCH3 is 1. The van der Waals surface area contributed by atoms with Gasteiger partial charge in [-0.25, -0.2) is 9.50 Å². The van der Waals surface area contributed by atoms with Gasteiger partial charge >= 0.3 is 0 Å². The van der Waals surface area contributed by atoms with Gasteiger partial charge in [0.15, 0.2) is 5.65 Å². The summed E-state index contributed by atoms with van der Waals surface area (Å²) in [6.45, 7) is 2.07. The first-order chi connectivity index (χ1) is 14.5. The summed E-state index contributed by atoms with van der Waals surface area (Å²) in [5.41, 5.74) is 3.23. The molecule has 154 valence electrons. The zero-order valence-electron chi connectivity index (χ0n) is 16.3. The molecule has 0 saturated heterocycles. The Balaban J connectivity index is 1.75. The number of benzene rings is 1. The van der Waals surface area contributed by atoms with Crippen LogP contribution in [-0.2, 0) is 6.54 Å². The monoisotopic (exact) mass is 426 g/mol. The molecule has 0 atom stereocenters. The van der Waals surface area contributed by atoms with E-state index in [-0.39, 0.29) is 19.1 Å². The van der Waals surface area contributed by atoms with Crippen molar-refractivity contribution in [3.8, 4) is 17.0 Å². The number of amides is 1. The van der Waals surface area contributed by atoms with Crippen LogP contribution in [0.25, 0.3) is 16.9 Å². The molecule has 9 nitrogen and oxygen atoms in total. The Morgan fingerprint density at radius 2 is 2.13 bits per heavy atom. The number of carbonyl (C=O) groups is 1. The molecule has 30 heavy (non-hydrogen) atoms. The van der Waals surface area contributed by atoms with Crippen molar-refractivity contribution < 1.29 is 14.6 Å². The number of rotatable bonds is 6. The molecule has 3 aromatic heterocycles. The van der Waals surface area contributed by atoms with Gasteiger partial charge in [-0.05, 0) is 30.7 Å². The van der Waals surface area contributed by atoms with Crippen LogP contribution < -0.4 is 10.1 Å². The molecule has 4 rings (SSSR count). The van der Waals surface area contributed by atoms with E-state index in [1.165, 1.54) is 6.20 Å². The van der Waals surface area contributed by atoms with Crippen LogP contribution in [0.2, 0.25) is 5.02 Å². The Hall–Kier alpha value is -3.43. The maximum atomic E-state index is 13.0. The number of aryl methyl sites for hydroxylation is 1. The minimum atomic E-state index is -0.382. The van der Waals surface area contributed by atoms with Crippen LogP contribution in [0.3, 0.4) is 0 Å². The lowest BCUT2D eigenvalue weighted by molar-refractivity contribution is 0.102. The highest BCUT2D eigenvalue weighted by Gasteiger charge is 2.20. The van der Waals surface area contributed by atoms with Gasteiger partial charge in [-0.2, -0.15) is 10.2 Å². The summed E-state index contributed by atoms with van der Waals surface area (Å²) in [5, 5.41) is 21.4. The molecule has 0 saturated carbocycles. The first kappa shape index (κ1) is 19.9. The van der Waals surface area contributed by atoms with Gasteiger partial charge in [0.1, 0.15) is 17.0 Å². The van der Waals surface area contributed by atoms with Crippen LogP contribution in [0.1, 0.15) is 15.9 Å². The largest absolute Gasteiger partial charge is 0.496 e. The summed E-state index contributed by atoms with van der Waals surface area (Å²) >= 11 is 6.17. The van der Waals surface area contributed by atoms with Gasteiger partial charge in [0, 0.05) is 29.2 Å². The fourth-order valence-electron chi connectivity index (χ4n) is 3.11. The number of fused-ring (bicyclic) bond motifs is 1.